The third-order valence-corrected chi connectivity index (χ3v) is 4.92. The van der Waals surface area contributed by atoms with Gasteiger partial charge in [-0.25, -0.2) is 4.98 Å². The Morgan fingerprint density at radius 1 is 1.11 bits per heavy atom. The molecule has 0 saturated heterocycles. The lowest BCUT2D eigenvalue weighted by Gasteiger charge is -2.06. The van der Waals surface area contributed by atoms with Crippen molar-refractivity contribution in [3.05, 3.63) is 75.7 Å². The van der Waals surface area contributed by atoms with Gasteiger partial charge in [-0.05, 0) is 64.5 Å². The first-order valence-electron chi connectivity index (χ1n) is 7.96. The normalized spacial score (nSPS) is 10.9. The van der Waals surface area contributed by atoms with E-state index in [1.165, 1.54) is 0 Å². The van der Waals surface area contributed by atoms with Gasteiger partial charge in [-0.3, -0.25) is 4.79 Å². The van der Waals surface area contributed by atoms with Crippen LogP contribution in [-0.2, 0) is 0 Å². The fraction of sp³-hybridized carbons (Fsp3) is 0. The number of nitrogens with one attached hydrogen (secondary N) is 1. The summed E-state index contributed by atoms with van der Waals surface area (Å²) in [5.41, 5.74) is 2.89. The number of carbonyl (C=O) groups excluding carboxylic acids is 1. The molecular weight excluding hydrogens is 432 g/mol. The summed E-state index contributed by atoms with van der Waals surface area (Å²) >= 11 is 9.34. The van der Waals surface area contributed by atoms with Crippen LogP contribution in [0.4, 0.5) is 5.69 Å². The fourth-order valence-corrected chi connectivity index (χ4v) is 3.21. The topological polar surface area (TPSA) is 75.4 Å². The Balaban J connectivity index is 1.64. The second-order valence-corrected chi connectivity index (χ2v) is 7.06. The van der Waals surface area contributed by atoms with Crippen LogP contribution >= 0.6 is 27.5 Å². The minimum atomic E-state index is -0.300. The van der Waals surface area contributed by atoms with Gasteiger partial charge >= 0.3 is 0 Å². The highest BCUT2D eigenvalue weighted by Crippen LogP contribution is 2.31. The number of halogens is 2. The first kappa shape index (κ1) is 17.6. The van der Waals surface area contributed by atoms with E-state index in [0.717, 1.165) is 5.56 Å². The van der Waals surface area contributed by atoms with Gasteiger partial charge in [0.15, 0.2) is 5.58 Å². The number of hydrogen-bond donors (Lipinski definition) is 2. The molecule has 134 valence electrons. The van der Waals surface area contributed by atoms with Gasteiger partial charge in [0, 0.05) is 11.3 Å². The lowest BCUT2D eigenvalue weighted by molar-refractivity contribution is 0.102. The van der Waals surface area contributed by atoms with Crippen molar-refractivity contribution < 1.29 is 14.3 Å². The number of anilines is 1. The van der Waals surface area contributed by atoms with Gasteiger partial charge in [0.25, 0.3) is 5.91 Å². The third kappa shape index (κ3) is 3.54. The molecule has 2 N–H and O–H groups in total. The third-order valence-electron chi connectivity index (χ3n) is 3.96. The van der Waals surface area contributed by atoms with Crippen molar-refractivity contribution in [2.75, 3.05) is 5.32 Å². The molecule has 1 aromatic heterocycles. The Hall–Kier alpha value is -2.83. The molecule has 0 radical (unpaired) electrons. The molecule has 0 aliphatic rings. The van der Waals surface area contributed by atoms with Crippen molar-refractivity contribution in [1.82, 2.24) is 4.98 Å². The number of oxazole rings is 1. The molecule has 0 bridgehead atoms. The number of benzene rings is 3. The molecule has 4 rings (SSSR count). The highest BCUT2D eigenvalue weighted by atomic mass is 79.9. The van der Waals surface area contributed by atoms with Gasteiger partial charge in [-0.15, -0.1) is 0 Å². The van der Waals surface area contributed by atoms with Crippen LogP contribution in [-0.4, -0.2) is 16.0 Å². The summed E-state index contributed by atoms with van der Waals surface area (Å²) in [5.74, 6) is 0.255. The SMILES string of the molecule is O=C(Nc1ccc2oc(-c3ccc(O)c(Br)c3)nc2c1)c1ccccc1Cl. The molecule has 0 aliphatic heterocycles. The van der Waals surface area contributed by atoms with E-state index in [0.29, 0.717) is 37.7 Å². The van der Waals surface area contributed by atoms with Gasteiger partial charge in [-0.1, -0.05) is 23.7 Å². The monoisotopic (exact) mass is 442 g/mol. The minimum Gasteiger partial charge on any atom is -0.507 e. The van der Waals surface area contributed by atoms with Crippen LogP contribution in [0.25, 0.3) is 22.6 Å². The van der Waals surface area contributed by atoms with Crippen LogP contribution in [0.15, 0.2) is 69.6 Å². The van der Waals surface area contributed by atoms with Crippen molar-refractivity contribution in [3.8, 4) is 17.2 Å². The maximum absolute atomic E-state index is 12.4. The number of aromatic hydroxyl groups is 1. The molecule has 1 amide bonds. The molecule has 0 spiro atoms. The van der Waals surface area contributed by atoms with Crippen LogP contribution in [0.5, 0.6) is 5.75 Å². The summed E-state index contributed by atoms with van der Waals surface area (Å²) in [6, 6.07) is 17.0. The van der Waals surface area contributed by atoms with Crippen LogP contribution in [0, 0.1) is 0 Å². The molecule has 0 aliphatic carbocycles. The minimum absolute atomic E-state index is 0.138. The van der Waals surface area contributed by atoms with E-state index in [1.807, 2.05) is 0 Å². The number of carbonyl (C=O) groups is 1. The number of rotatable bonds is 3. The number of phenolic OH excluding ortho intramolecular Hbond substituents is 1. The molecule has 4 aromatic rings. The van der Waals surface area contributed by atoms with Crippen LogP contribution < -0.4 is 5.32 Å². The Morgan fingerprint density at radius 2 is 1.93 bits per heavy atom. The molecular formula is C20H12BrClN2O3. The van der Waals surface area contributed by atoms with Gasteiger partial charge in [0.2, 0.25) is 5.89 Å². The Bertz CT molecular complexity index is 1170. The maximum Gasteiger partial charge on any atom is 0.257 e. The quantitative estimate of drug-likeness (QED) is 0.415. The molecule has 7 heteroatoms. The first-order valence-corrected chi connectivity index (χ1v) is 9.14. The lowest BCUT2D eigenvalue weighted by atomic mass is 10.2. The number of nitrogens with zero attached hydrogens (tertiary/aromatic N) is 1. The van der Waals surface area contributed by atoms with E-state index < -0.39 is 0 Å². The Kier molecular flexibility index (Phi) is 4.59. The molecule has 27 heavy (non-hydrogen) atoms. The number of amides is 1. The fourth-order valence-electron chi connectivity index (χ4n) is 2.61. The van der Waals surface area contributed by atoms with Gasteiger partial charge in [-0.2, -0.15) is 0 Å². The number of aromatic nitrogens is 1. The zero-order chi connectivity index (χ0) is 19.0. The van der Waals surface area contributed by atoms with Gasteiger partial charge in [0.05, 0.1) is 15.1 Å². The van der Waals surface area contributed by atoms with Crippen molar-refractivity contribution in [2.24, 2.45) is 0 Å². The molecule has 0 fully saturated rings. The molecule has 0 unspecified atom stereocenters. The molecule has 0 saturated carbocycles. The van der Waals surface area contributed by atoms with Crippen molar-refractivity contribution >= 4 is 50.2 Å². The van der Waals surface area contributed by atoms with Crippen LogP contribution in [0.3, 0.4) is 0 Å². The van der Waals surface area contributed by atoms with E-state index >= 15 is 0 Å². The van der Waals surface area contributed by atoms with Crippen molar-refractivity contribution in [3.63, 3.8) is 0 Å². The molecule has 3 aromatic carbocycles. The highest BCUT2D eigenvalue weighted by Gasteiger charge is 2.13. The predicted octanol–water partition coefficient (Wildman–Crippen LogP) is 5.87. The Labute approximate surface area is 167 Å². The van der Waals surface area contributed by atoms with E-state index in [-0.39, 0.29) is 11.7 Å². The Morgan fingerprint density at radius 3 is 2.70 bits per heavy atom. The standard InChI is InChI=1S/C20H12BrClN2O3/c21-14-9-11(5-7-17(14)25)20-24-16-10-12(6-8-18(16)27-20)23-19(26)13-3-1-2-4-15(13)22/h1-10,25H,(H,23,26). The second-order valence-electron chi connectivity index (χ2n) is 5.80. The lowest BCUT2D eigenvalue weighted by Crippen LogP contribution is -2.12. The largest absolute Gasteiger partial charge is 0.507 e. The number of hydrogen-bond acceptors (Lipinski definition) is 4. The molecule has 5 nitrogen and oxygen atoms in total. The maximum atomic E-state index is 12.4. The van der Waals surface area contributed by atoms with Gasteiger partial charge < -0.3 is 14.8 Å². The van der Waals surface area contributed by atoms with Gasteiger partial charge in [0.1, 0.15) is 11.3 Å². The van der Waals surface area contributed by atoms with E-state index in [1.54, 1.807) is 60.7 Å². The molecule has 0 atom stereocenters. The number of phenols is 1. The summed E-state index contributed by atoms with van der Waals surface area (Å²) in [5, 5.41) is 12.8. The average molecular weight is 444 g/mol. The van der Waals surface area contributed by atoms with Crippen LogP contribution in [0.1, 0.15) is 10.4 Å². The summed E-state index contributed by atoms with van der Waals surface area (Å²) in [4.78, 5) is 16.9. The van der Waals surface area contributed by atoms with Crippen molar-refractivity contribution in [2.45, 2.75) is 0 Å². The summed E-state index contributed by atoms with van der Waals surface area (Å²) < 4.78 is 6.32. The summed E-state index contributed by atoms with van der Waals surface area (Å²) in [6.45, 7) is 0. The number of fused-ring (bicyclic) bond motifs is 1. The summed E-state index contributed by atoms with van der Waals surface area (Å²) in [7, 11) is 0. The zero-order valence-electron chi connectivity index (χ0n) is 13.7. The zero-order valence-corrected chi connectivity index (χ0v) is 16.1. The second kappa shape index (κ2) is 7.06. The van der Waals surface area contributed by atoms with Crippen LogP contribution in [0.2, 0.25) is 5.02 Å². The summed E-state index contributed by atoms with van der Waals surface area (Å²) in [6.07, 6.45) is 0. The highest BCUT2D eigenvalue weighted by molar-refractivity contribution is 9.10. The first-order chi connectivity index (χ1) is 13.0. The predicted molar refractivity (Wildman–Crippen MR) is 108 cm³/mol. The van der Waals surface area contributed by atoms with E-state index in [4.69, 9.17) is 16.0 Å². The average Bonchev–Trinajstić information content (AvgIpc) is 3.07. The van der Waals surface area contributed by atoms with Crippen molar-refractivity contribution in [1.29, 1.82) is 0 Å². The smallest absolute Gasteiger partial charge is 0.257 e. The van der Waals surface area contributed by atoms with E-state index in [9.17, 15) is 9.90 Å². The molecule has 1 heterocycles. The van der Waals surface area contributed by atoms with E-state index in [2.05, 4.69) is 26.2 Å².